The molecule has 1 aliphatic carbocycles. The van der Waals surface area contributed by atoms with Crippen molar-refractivity contribution >= 4 is 29.6 Å². The molecule has 0 radical (unpaired) electrons. The van der Waals surface area contributed by atoms with E-state index >= 15 is 0 Å². The van der Waals surface area contributed by atoms with Gasteiger partial charge in [-0.15, -0.1) is 5.06 Å². The molecule has 1 heterocycles. The van der Waals surface area contributed by atoms with Crippen molar-refractivity contribution in [3.8, 4) is 0 Å². The van der Waals surface area contributed by atoms with Crippen LogP contribution in [0.2, 0.25) is 0 Å². The predicted octanol–water partition coefficient (Wildman–Crippen LogP) is 0.961. The number of hydrogen-bond donors (Lipinski definition) is 0. The lowest BCUT2D eigenvalue weighted by Crippen LogP contribution is -2.40. The molecule has 8 nitrogen and oxygen atoms in total. The minimum absolute atomic E-state index is 0.0665. The van der Waals surface area contributed by atoms with Crippen molar-refractivity contribution in [3.05, 3.63) is 12.7 Å². The van der Waals surface area contributed by atoms with Gasteiger partial charge >= 0.3 is 5.97 Å². The van der Waals surface area contributed by atoms with E-state index in [0.29, 0.717) is 37.3 Å². The molecule has 0 atom stereocenters. The van der Waals surface area contributed by atoms with E-state index in [1.54, 1.807) is 0 Å². The van der Waals surface area contributed by atoms with E-state index in [-0.39, 0.29) is 24.7 Å². The summed E-state index contributed by atoms with van der Waals surface area (Å²) in [5, 5.41) is 0.564. The molecule has 0 aromatic carbocycles. The third kappa shape index (κ3) is 4.52. The molecule has 136 valence electrons. The standard InChI is InChI=1S/C17H22N2O6/c1-3-14(21)18(11(2)20)10-12-4-6-13(7-5-12)17(24)25-19-15(22)8-9-16(19)23/h3,12-13H,1,4-10H2,2H3. The highest BCUT2D eigenvalue weighted by Gasteiger charge is 2.36. The van der Waals surface area contributed by atoms with Gasteiger partial charge in [-0.2, -0.15) is 0 Å². The first-order valence-electron chi connectivity index (χ1n) is 8.35. The second-order valence-corrected chi connectivity index (χ2v) is 6.38. The molecule has 1 saturated heterocycles. The SMILES string of the molecule is C=CC(=O)N(CC1CCC(C(=O)ON2C(=O)CCC2=O)CC1)C(C)=O. The Morgan fingerprint density at radius 2 is 1.72 bits per heavy atom. The van der Waals surface area contributed by atoms with Gasteiger partial charge in [0.25, 0.3) is 17.7 Å². The van der Waals surface area contributed by atoms with Crippen LogP contribution in [0.1, 0.15) is 45.4 Å². The lowest BCUT2D eigenvalue weighted by Gasteiger charge is -2.30. The summed E-state index contributed by atoms with van der Waals surface area (Å²) in [6.45, 7) is 5.01. The molecule has 0 N–H and O–H groups in total. The summed E-state index contributed by atoms with van der Waals surface area (Å²) in [5.41, 5.74) is 0. The second-order valence-electron chi connectivity index (χ2n) is 6.38. The van der Waals surface area contributed by atoms with Crippen LogP contribution < -0.4 is 0 Å². The lowest BCUT2D eigenvalue weighted by atomic mass is 9.82. The molecular formula is C17H22N2O6. The molecule has 2 fully saturated rings. The van der Waals surface area contributed by atoms with Crippen molar-refractivity contribution in [1.82, 2.24) is 9.96 Å². The van der Waals surface area contributed by atoms with Gasteiger partial charge in [0.05, 0.1) is 5.92 Å². The largest absolute Gasteiger partial charge is 0.336 e. The molecule has 1 aliphatic heterocycles. The number of rotatable bonds is 5. The van der Waals surface area contributed by atoms with Crippen LogP contribution in [0.5, 0.6) is 0 Å². The van der Waals surface area contributed by atoms with Crippen LogP contribution in [0.25, 0.3) is 0 Å². The maximum atomic E-state index is 12.1. The quantitative estimate of drug-likeness (QED) is 0.541. The van der Waals surface area contributed by atoms with Gasteiger partial charge < -0.3 is 4.84 Å². The zero-order chi connectivity index (χ0) is 18.6. The van der Waals surface area contributed by atoms with Crippen LogP contribution in [-0.4, -0.2) is 46.1 Å². The summed E-state index contributed by atoms with van der Waals surface area (Å²) in [6, 6.07) is 0. The Morgan fingerprint density at radius 1 is 1.16 bits per heavy atom. The minimum atomic E-state index is -0.576. The van der Waals surface area contributed by atoms with Crippen LogP contribution in [0.15, 0.2) is 12.7 Å². The molecule has 2 aliphatic rings. The number of amides is 4. The maximum absolute atomic E-state index is 12.1. The Hall–Kier alpha value is -2.51. The van der Waals surface area contributed by atoms with E-state index in [4.69, 9.17) is 4.84 Å². The van der Waals surface area contributed by atoms with Crippen LogP contribution in [0.3, 0.4) is 0 Å². The fraction of sp³-hybridized carbons (Fsp3) is 0.588. The van der Waals surface area contributed by atoms with Gasteiger partial charge in [0.2, 0.25) is 5.91 Å². The molecule has 0 aromatic rings. The van der Waals surface area contributed by atoms with E-state index in [9.17, 15) is 24.0 Å². The number of carbonyl (C=O) groups is 5. The lowest BCUT2D eigenvalue weighted by molar-refractivity contribution is -0.201. The maximum Gasteiger partial charge on any atom is 0.336 e. The van der Waals surface area contributed by atoms with Gasteiger partial charge in [0, 0.05) is 26.3 Å². The number of carbonyl (C=O) groups excluding carboxylic acids is 5. The number of nitrogens with zero attached hydrogens (tertiary/aromatic N) is 2. The van der Waals surface area contributed by atoms with Crippen LogP contribution in [0.4, 0.5) is 0 Å². The highest BCUT2D eigenvalue weighted by atomic mass is 16.7. The predicted molar refractivity (Wildman–Crippen MR) is 85.2 cm³/mol. The molecular weight excluding hydrogens is 328 g/mol. The van der Waals surface area contributed by atoms with Gasteiger partial charge in [-0.1, -0.05) is 6.58 Å². The first-order valence-corrected chi connectivity index (χ1v) is 8.35. The van der Waals surface area contributed by atoms with Gasteiger partial charge in [-0.25, -0.2) is 4.79 Å². The van der Waals surface area contributed by atoms with E-state index in [0.717, 1.165) is 11.0 Å². The Bertz CT molecular complexity index is 590. The van der Waals surface area contributed by atoms with E-state index < -0.39 is 29.6 Å². The smallest absolute Gasteiger partial charge is 0.330 e. The molecule has 2 rings (SSSR count). The van der Waals surface area contributed by atoms with Gasteiger partial charge in [-0.05, 0) is 37.7 Å². The van der Waals surface area contributed by atoms with E-state index in [1.165, 1.54) is 6.92 Å². The second kappa shape index (κ2) is 8.04. The molecule has 0 aromatic heterocycles. The molecule has 8 heteroatoms. The zero-order valence-corrected chi connectivity index (χ0v) is 14.2. The van der Waals surface area contributed by atoms with Crippen molar-refractivity contribution in [2.75, 3.05) is 6.54 Å². The van der Waals surface area contributed by atoms with Gasteiger partial charge in [0.1, 0.15) is 0 Å². The van der Waals surface area contributed by atoms with Crippen molar-refractivity contribution in [2.24, 2.45) is 11.8 Å². The first-order chi connectivity index (χ1) is 11.8. The van der Waals surface area contributed by atoms with E-state index in [2.05, 4.69) is 6.58 Å². The average molecular weight is 350 g/mol. The van der Waals surface area contributed by atoms with Crippen molar-refractivity contribution in [3.63, 3.8) is 0 Å². The van der Waals surface area contributed by atoms with Gasteiger partial charge in [0.15, 0.2) is 0 Å². The number of hydrogen-bond acceptors (Lipinski definition) is 6. The summed E-state index contributed by atoms with van der Waals surface area (Å²) in [5.74, 6) is -2.62. The summed E-state index contributed by atoms with van der Waals surface area (Å²) >= 11 is 0. The summed E-state index contributed by atoms with van der Waals surface area (Å²) in [4.78, 5) is 64.5. The Kier molecular flexibility index (Phi) is 6.06. The Balaban J connectivity index is 1.84. The third-order valence-electron chi connectivity index (χ3n) is 4.63. The highest BCUT2D eigenvalue weighted by molar-refractivity contribution is 6.01. The molecule has 0 bridgehead atoms. The van der Waals surface area contributed by atoms with Crippen molar-refractivity contribution in [1.29, 1.82) is 0 Å². The average Bonchev–Trinajstić information content (AvgIpc) is 2.91. The Labute approximate surface area is 145 Å². The van der Waals surface area contributed by atoms with Crippen molar-refractivity contribution in [2.45, 2.75) is 45.4 Å². The van der Waals surface area contributed by atoms with Crippen LogP contribution in [-0.2, 0) is 28.8 Å². The fourth-order valence-corrected chi connectivity index (χ4v) is 3.15. The van der Waals surface area contributed by atoms with Crippen molar-refractivity contribution < 1.29 is 28.8 Å². The summed E-state index contributed by atoms with van der Waals surface area (Å²) in [7, 11) is 0. The number of hydroxylamine groups is 2. The molecule has 0 unspecified atom stereocenters. The van der Waals surface area contributed by atoms with E-state index in [1.807, 2.05) is 0 Å². The zero-order valence-electron chi connectivity index (χ0n) is 14.2. The Morgan fingerprint density at radius 3 is 2.20 bits per heavy atom. The van der Waals surface area contributed by atoms with Gasteiger partial charge in [-0.3, -0.25) is 24.1 Å². The summed E-state index contributed by atoms with van der Waals surface area (Å²) < 4.78 is 0. The molecule has 4 amide bonds. The van der Waals surface area contributed by atoms with Crippen LogP contribution >= 0.6 is 0 Å². The molecule has 25 heavy (non-hydrogen) atoms. The first kappa shape index (κ1) is 18.8. The summed E-state index contributed by atoms with van der Waals surface area (Å²) in [6.07, 6.45) is 3.58. The van der Waals surface area contributed by atoms with Crippen LogP contribution in [0, 0.1) is 11.8 Å². The minimum Gasteiger partial charge on any atom is -0.330 e. The molecule has 1 saturated carbocycles. The normalized spacial score (nSPS) is 23.3. The number of imide groups is 2. The third-order valence-corrected chi connectivity index (χ3v) is 4.63. The topological polar surface area (TPSA) is 101 Å². The molecule has 0 spiro atoms. The monoisotopic (exact) mass is 350 g/mol. The highest BCUT2D eigenvalue weighted by Crippen LogP contribution is 2.31. The fourth-order valence-electron chi connectivity index (χ4n) is 3.15.